The first-order valence-corrected chi connectivity index (χ1v) is 10.0. The van der Waals surface area contributed by atoms with E-state index in [9.17, 15) is 8.42 Å². The molecule has 1 aromatic carbocycles. The fraction of sp³-hybridized carbons (Fsp3) is 0.571. The van der Waals surface area contributed by atoms with Crippen molar-refractivity contribution >= 4 is 41.9 Å². The van der Waals surface area contributed by atoms with Crippen LogP contribution in [0.3, 0.4) is 0 Å². The third-order valence-corrected chi connectivity index (χ3v) is 6.49. The Morgan fingerprint density at radius 1 is 1.14 bits per heavy atom. The molecule has 0 aromatic heterocycles. The fourth-order valence-electron chi connectivity index (χ4n) is 2.00. The zero-order valence-corrected chi connectivity index (χ0v) is 16.0. The Morgan fingerprint density at radius 3 is 2.43 bits per heavy atom. The molecular weight excluding hydrogens is 422 g/mol. The van der Waals surface area contributed by atoms with Gasteiger partial charge < -0.3 is 5.11 Å². The van der Waals surface area contributed by atoms with E-state index in [0.717, 1.165) is 30.2 Å². The van der Waals surface area contributed by atoms with Crippen LogP contribution in [-0.2, 0) is 10.0 Å². The molecule has 1 rings (SSSR count). The van der Waals surface area contributed by atoms with Crippen LogP contribution >= 0.6 is 31.9 Å². The van der Waals surface area contributed by atoms with Crippen LogP contribution in [0.2, 0.25) is 0 Å². The van der Waals surface area contributed by atoms with E-state index in [4.69, 9.17) is 5.11 Å². The van der Waals surface area contributed by atoms with Crippen LogP contribution in [0.15, 0.2) is 32.0 Å². The number of aliphatic hydroxyl groups excluding tert-OH is 1. The maximum atomic E-state index is 12.7. The molecule has 0 fully saturated rings. The van der Waals surface area contributed by atoms with Crippen molar-refractivity contribution in [3.63, 3.8) is 0 Å². The molecule has 0 saturated carbocycles. The molecule has 1 aromatic rings. The van der Waals surface area contributed by atoms with Crippen molar-refractivity contribution in [1.29, 1.82) is 0 Å². The topological polar surface area (TPSA) is 57.6 Å². The van der Waals surface area contributed by atoms with Crippen LogP contribution in [0, 0.1) is 0 Å². The molecule has 21 heavy (non-hydrogen) atoms. The SMILES string of the molecule is CCCCCCN(CCO)S(=O)(=O)c1ccc(Br)cc1Br. The second-order valence-corrected chi connectivity index (χ2v) is 8.44. The van der Waals surface area contributed by atoms with Gasteiger partial charge in [0.25, 0.3) is 0 Å². The summed E-state index contributed by atoms with van der Waals surface area (Å²) in [5.74, 6) is 0. The van der Waals surface area contributed by atoms with Crippen molar-refractivity contribution < 1.29 is 13.5 Å². The molecule has 0 aliphatic rings. The predicted molar refractivity (Wildman–Crippen MR) is 91.8 cm³/mol. The highest BCUT2D eigenvalue weighted by Gasteiger charge is 2.25. The van der Waals surface area contributed by atoms with Crippen molar-refractivity contribution in [1.82, 2.24) is 4.31 Å². The highest BCUT2D eigenvalue weighted by Crippen LogP contribution is 2.28. The standard InChI is InChI=1S/C14H21Br2NO3S/c1-2-3-4-5-8-17(9-10-18)21(19,20)14-7-6-12(15)11-13(14)16/h6-7,11,18H,2-5,8-10H2,1H3. The molecule has 0 spiro atoms. The fourth-order valence-corrected chi connectivity index (χ4v) is 5.18. The van der Waals surface area contributed by atoms with Gasteiger partial charge in [-0.2, -0.15) is 4.31 Å². The van der Waals surface area contributed by atoms with Gasteiger partial charge in [0.05, 0.1) is 11.5 Å². The van der Waals surface area contributed by atoms with Crippen molar-refractivity contribution in [2.75, 3.05) is 19.7 Å². The Balaban J connectivity index is 2.93. The average Bonchev–Trinajstić information content (AvgIpc) is 2.41. The molecule has 120 valence electrons. The lowest BCUT2D eigenvalue weighted by Gasteiger charge is -2.22. The highest BCUT2D eigenvalue weighted by atomic mass is 79.9. The summed E-state index contributed by atoms with van der Waals surface area (Å²) < 4.78 is 28.1. The van der Waals surface area contributed by atoms with Crippen molar-refractivity contribution in [2.45, 2.75) is 37.5 Å². The van der Waals surface area contributed by atoms with Crippen molar-refractivity contribution in [3.8, 4) is 0 Å². The lowest BCUT2D eigenvalue weighted by atomic mass is 10.2. The summed E-state index contributed by atoms with van der Waals surface area (Å²) in [5.41, 5.74) is 0. The van der Waals surface area contributed by atoms with Gasteiger partial charge in [0.1, 0.15) is 0 Å². The van der Waals surface area contributed by atoms with Crippen LogP contribution < -0.4 is 0 Å². The largest absolute Gasteiger partial charge is 0.395 e. The quantitative estimate of drug-likeness (QED) is 0.592. The summed E-state index contributed by atoms with van der Waals surface area (Å²) in [7, 11) is -3.59. The summed E-state index contributed by atoms with van der Waals surface area (Å²) >= 11 is 6.61. The van der Waals surface area contributed by atoms with E-state index in [1.165, 1.54) is 4.31 Å². The maximum Gasteiger partial charge on any atom is 0.244 e. The Hall–Kier alpha value is 0.0500. The van der Waals surface area contributed by atoms with E-state index in [-0.39, 0.29) is 18.0 Å². The van der Waals surface area contributed by atoms with Gasteiger partial charge in [-0.1, -0.05) is 42.1 Å². The molecule has 0 amide bonds. The number of hydrogen-bond acceptors (Lipinski definition) is 3. The monoisotopic (exact) mass is 441 g/mol. The Bertz CT molecular complexity index is 549. The number of sulfonamides is 1. The molecule has 0 radical (unpaired) electrons. The second kappa shape index (κ2) is 9.25. The molecule has 0 bridgehead atoms. The summed E-state index contributed by atoms with van der Waals surface area (Å²) in [4.78, 5) is 0.231. The third kappa shape index (κ3) is 5.63. The first-order chi connectivity index (χ1) is 9.93. The third-order valence-electron chi connectivity index (χ3n) is 3.12. The number of halogens is 2. The highest BCUT2D eigenvalue weighted by molar-refractivity contribution is 9.11. The molecule has 0 heterocycles. The molecular formula is C14H21Br2NO3S. The number of hydrogen-bond donors (Lipinski definition) is 1. The maximum absolute atomic E-state index is 12.7. The minimum Gasteiger partial charge on any atom is -0.395 e. The van der Waals surface area contributed by atoms with Gasteiger partial charge in [-0.05, 0) is 40.5 Å². The molecule has 7 heteroatoms. The first kappa shape index (κ1) is 19.1. The minimum atomic E-state index is -3.59. The lowest BCUT2D eigenvalue weighted by molar-refractivity contribution is 0.251. The van der Waals surface area contributed by atoms with Crippen molar-refractivity contribution in [3.05, 3.63) is 27.1 Å². The second-order valence-electron chi connectivity index (χ2n) is 4.76. The Kier molecular flexibility index (Phi) is 8.41. The van der Waals surface area contributed by atoms with Crippen LogP contribution in [-0.4, -0.2) is 37.5 Å². The number of unbranched alkanes of at least 4 members (excludes halogenated alkanes) is 3. The van der Waals surface area contributed by atoms with E-state index < -0.39 is 10.0 Å². The Labute approximate surface area is 143 Å². The molecule has 4 nitrogen and oxygen atoms in total. The van der Waals surface area contributed by atoms with Gasteiger partial charge in [-0.15, -0.1) is 0 Å². The lowest BCUT2D eigenvalue weighted by Crippen LogP contribution is -2.34. The normalized spacial score (nSPS) is 12.0. The molecule has 0 saturated heterocycles. The van der Waals surface area contributed by atoms with Gasteiger partial charge in [-0.3, -0.25) is 0 Å². The average molecular weight is 443 g/mol. The van der Waals surface area contributed by atoms with E-state index in [0.29, 0.717) is 11.0 Å². The number of benzene rings is 1. The smallest absolute Gasteiger partial charge is 0.244 e. The van der Waals surface area contributed by atoms with Crippen LogP contribution in [0.1, 0.15) is 32.6 Å². The molecule has 0 atom stereocenters. The Morgan fingerprint density at radius 2 is 1.86 bits per heavy atom. The first-order valence-electron chi connectivity index (χ1n) is 6.99. The van der Waals surface area contributed by atoms with E-state index in [1.54, 1.807) is 18.2 Å². The number of rotatable bonds is 9. The summed E-state index contributed by atoms with van der Waals surface area (Å²) in [6.07, 6.45) is 4.00. The van der Waals surface area contributed by atoms with Crippen molar-refractivity contribution in [2.24, 2.45) is 0 Å². The summed E-state index contributed by atoms with van der Waals surface area (Å²) in [6.45, 7) is 2.49. The van der Waals surface area contributed by atoms with Gasteiger partial charge in [-0.25, -0.2) is 8.42 Å². The minimum absolute atomic E-state index is 0.122. The van der Waals surface area contributed by atoms with E-state index in [2.05, 4.69) is 38.8 Å². The molecule has 0 aliphatic carbocycles. The van der Waals surface area contributed by atoms with Crippen LogP contribution in [0.25, 0.3) is 0 Å². The predicted octanol–water partition coefficient (Wildman–Crippen LogP) is 3.77. The zero-order valence-electron chi connectivity index (χ0n) is 12.1. The zero-order chi connectivity index (χ0) is 15.9. The van der Waals surface area contributed by atoms with Gasteiger partial charge in [0, 0.05) is 22.0 Å². The van der Waals surface area contributed by atoms with Crippen LogP contribution in [0.4, 0.5) is 0 Å². The van der Waals surface area contributed by atoms with Crippen LogP contribution in [0.5, 0.6) is 0 Å². The van der Waals surface area contributed by atoms with Gasteiger partial charge >= 0.3 is 0 Å². The molecule has 0 aliphatic heterocycles. The van der Waals surface area contributed by atoms with Gasteiger partial charge in [0.15, 0.2) is 0 Å². The molecule has 1 N–H and O–H groups in total. The van der Waals surface area contributed by atoms with Gasteiger partial charge in [0.2, 0.25) is 10.0 Å². The summed E-state index contributed by atoms with van der Waals surface area (Å²) in [5, 5.41) is 9.14. The summed E-state index contributed by atoms with van der Waals surface area (Å²) in [6, 6.07) is 4.98. The number of nitrogens with zero attached hydrogens (tertiary/aromatic N) is 1. The van der Waals surface area contributed by atoms with E-state index in [1.807, 2.05) is 0 Å². The molecule has 0 unspecified atom stereocenters. The number of aliphatic hydroxyl groups is 1. The van der Waals surface area contributed by atoms with E-state index >= 15 is 0 Å².